The van der Waals surface area contributed by atoms with E-state index in [1.165, 1.54) is 54.1 Å². The summed E-state index contributed by atoms with van der Waals surface area (Å²) in [7, 11) is 0. The number of benzene rings is 6. The van der Waals surface area contributed by atoms with Crippen LogP contribution in [0.2, 0.25) is 0 Å². The Labute approximate surface area is 297 Å². The van der Waals surface area contributed by atoms with Crippen LogP contribution >= 0.6 is 0 Å². The van der Waals surface area contributed by atoms with E-state index in [2.05, 4.69) is 143 Å². The first-order valence-corrected chi connectivity index (χ1v) is 18.3. The number of para-hydroxylation sites is 4. The summed E-state index contributed by atoms with van der Waals surface area (Å²) in [4.78, 5) is 0. The molecule has 0 amide bonds. The van der Waals surface area contributed by atoms with Gasteiger partial charge in [0.05, 0.1) is 21.7 Å². The summed E-state index contributed by atoms with van der Waals surface area (Å²) in [5.41, 5.74) is 11.5. The van der Waals surface area contributed by atoms with E-state index < -0.39 is 0 Å². The van der Waals surface area contributed by atoms with Crippen LogP contribution < -0.4 is 21.1 Å². The first-order chi connectivity index (χ1) is 25.8. The lowest BCUT2D eigenvalue weighted by Gasteiger charge is -2.17. The van der Waals surface area contributed by atoms with Crippen LogP contribution in [-0.2, 0) is 0 Å². The molecule has 0 saturated carbocycles. The van der Waals surface area contributed by atoms with E-state index in [-0.39, 0.29) is 0 Å². The minimum absolute atomic E-state index is 0.921. The molecule has 0 spiro atoms. The Balaban J connectivity index is 1.16. The molecule has 4 heterocycles. The Kier molecular flexibility index (Phi) is 5.70. The van der Waals surface area contributed by atoms with Crippen LogP contribution in [0.15, 0.2) is 142 Å². The minimum Gasteiger partial charge on any atom is -0.456 e. The highest BCUT2D eigenvalue weighted by atomic mass is 16.3. The molecule has 52 heavy (non-hydrogen) atoms. The molecule has 4 nitrogen and oxygen atoms in total. The van der Waals surface area contributed by atoms with Gasteiger partial charge in [-0.25, -0.2) is 0 Å². The van der Waals surface area contributed by atoms with E-state index in [0.717, 1.165) is 80.9 Å². The van der Waals surface area contributed by atoms with Crippen molar-refractivity contribution in [2.45, 2.75) is 25.7 Å². The Hall–Kier alpha value is -6.52. The third-order valence-corrected chi connectivity index (χ3v) is 11.5. The van der Waals surface area contributed by atoms with Crippen molar-refractivity contribution >= 4 is 89.0 Å². The van der Waals surface area contributed by atoms with Gasteiger partial charge in [-0.05, 0) is 97.5 Å². The van der Waals surface area contributed by atoms with Gasteiger partial charge in [0.1, 0.15) is 22.3 Å². The van der Waals surface area contributed by atoms with E-state index in [1.807, 2.05) is 12.1 Å². The maximum atomic E-state index is 6.23. The first-order valence-electron chi connectivity index (χ1n) is 18.3. The van der Waals surface area contributed by atoms with Gasteiger partial charge in [0.15, 0.2) is 0 Å². The van der Waals surface area contributed by atoms with E-state index in [0.29, 0.717) is 0 Å². The van der Waals surface area contributed by atoms with E-state index >= 15 is 0 Å². The molecule has 0 bridgehead atoms. The van der Waals surface area contributed by atoms with Crippen molar-refractivity contribution in [2.75, 3.05) is 0 Å². The molecule has 0 N–H and O–H groups in total. The Bertz CT molecular complexity index is 3190. The van der Waals surface area contributed by atoms with Crippen LogP contribution in [0.1, 0.15) is 25.7 Å². The van der Waals surface area contributed by atoms with Gasteiger partial charge in [-0.1, -0.05) is 84.9 Å². The molecule has 2 aliphatic rings. The van der Waals surface area contributed by atoms with Crippen LogP contribution in [-0.4, -0.2) is 9.13 Å². The molecule has 0 saturated heterocycles. The van der Waals surface area contributed by atoms with Crippen LogP contribution in [0.3, 0.4) is 0 Å². The maximum Gasteiger partial charge on any atom is 0.135 e. The van der Waals surface area contributed by atoms with Gasteiger partial charge >= 0.3 is 0 Å². The fraction of sp³-hybridized carbons (Fsp3) is 0.0833. The predicted molar refractivity (Wildman–Crippen MR) is 214 cm³/mol. The standard InChI is InChI=1S/C48H32N2O2/c1-5-17-39-35(13-1)47-33(15-9-19-41(47)49(39)29-23-25-45-37(27-29)31-11-3-7-21-43(31)51-45)34-16-10-20-42-48(34)36-14-2-6-18-40(36)50(42)30-24-26-46-38(28-30)32-12-4-8-22-44(32)52-46/h1-8,11-14,17-28H,9-10,15-16H2. The summed E-state index contributed by atoms with van der Waals surface area (Å²) in [6.45, 7) is 0. The molecule has 10 aromatic rings. The molecule has 0 unspecified atom stereocenters. The number of aromatic nitrogens is 2. The molecule has 0 aliphatic heterocycles. The summed E-state index contributed by atoms with van der Waals surface area (Å²) in [5.74, 6) is 0. The van der Waals surface area contributed by atoms with Gasteiger partial charge < -0.3 is 18.0 Å². The van der Waals surface area contributed by atoms with Gasteiger partial charge in [-0.2, -0.15) is 0 Å². The second-order valence-electron chi connectivity index (χ2n) is 14.2. The zero-order valence-corrected chi connectivity index (χ0v) is 28.4. The third-order valence-electron chi connectivity index (χ3n) is 11.5. The second kappa shape index (κ2) is 10.5. The van der Waals surface area contributed by atoms with Crippen LogP contribution in [0.4, 0.5) is 0 Å². The summed E-state index contributed by atoms with van der Waals surface area (Å²) < 4.78 is 17.4. The Morgan fingerprint density at radius 1 is 0.385 bits per heavy atom. The molecule has 4 heteroatoms. The van der Waals surface area contributed by atoms with Crippen molar-refractivity contribution in [1.82, 2.24) is 9.13 Å². The number of nitrogens with zero attached hydrogens (tertiary/aromatic N) is 2. The van der Waals surface area contributed by atoms with Crippen molar-refractivity contribution in [1.29, 1.82) is 0 Å². The smallest absolute Gasteiger partial charge is 0.135 e. The Morgan fingerprint density at radius 3 is 1.27 bits per heavy atom. The number of hydrogen-bond donors (Lipinski definition) is 0. The number of rotatable bonds is 3. The van der Waals surface area contributed by atoms with Gasteiger partial charge in [-0.3, -0.25) is 0 Å². The van der Waals surface area contributed by atoms with Gasteiger partial charge in [0.2, 0.25) is 0 Å². The average molecular weight is 669 g/mol. The van der Waals surface area contributed by atoms with Crippen LogP contribution in [0.5, 0.6) is 0 Å². The molecule has 246 valence electrons. The van der Waals surface area contributed by atoms with E-state index in [1.54, 1.807) is 0 Å². The van der Waals surface area contributed by atoms with Gasteiger partial charge in [0.25, 0.3) is 0 Å². The monoisotopic (exact) mass is 668 g/mol. The first kappa shape index (κ1) is 28.2. The average Bonchev–Trinajstić information content (AvgIpc) is 3.95. The molecule has 0 fully saturated rings. The molecular weight excluding hydrogens is 637 g/mol. The lowest BCUT2D eigenvalue weighted by Crippen LogP contribution is -2.37. The molecule has 6 aromatic carbocycles. The lowest BCUT2D eigenvalue weighted by atomic mass is 9.88. The molecule has 12 rings (SSSR count). The van der Waals surface area contributed by atoms with E-state index in [9.17, 15) is 0 Å². The number of hydrogen-bond acceptors (Lipinski definition) is 2. The largest absolute Gasteiger partial charge is 0.456 e. The lowest BCUT2D eigenvalue weighted by molar-refractivity contribution is 0.668. The summed E-state index contributed by atoms with van der Waals surface area (Å²) in [5, 5.41) is 12.6. The fourth-order valence-electron chi connectivity index (χ4n) is 9.36. The topological polar surface area (TPSA) is 36.1 Å². The second-order valence-corrected chi connectivity index (χ2v) is 14.2. The normalized spacial score (nSPS) is 14.5. The van der Waals surface area contributed by atoms with E-state index in [4.69, 9.17) is 8.83 Å². The van der Waals surface area contributed by atoms with Crippen molar-refractivity contribution in [3.63, 3.8) is 0 Å². The van der Waals surface area contributed by atoms with Crippen LogP contribution in [0, 0.1) is 0 Å². The summed E-state index contributed by atoms with van der Waals surface area (Å²) in [6.07, 6.45) is 8.96. The minimum atomic E-state index is 0.921. The summed E-state index contributed by atoms with van der Waals surface area (Å²) in [6, 6.07) is 47.9. The SMILES string of the molecule is C1=c2c(c3ccccc3n2-c2ccc3oc4ccccc4c3c2)=C(C2=c3c(n(-c4ccc5oc6ccccc6c5c4)c4ccccc34)=CCC2)CC1. The van der Waals surface area contributed by atoms with Crippen molar-refractivity contribution in [3.05, 3.63) is 155 Å². The predicted octanol–water partition coefficient (Wildman–Crippen LogP) is 9.52. The van der Waals surface area contributed by atoms with Crippen LogP contribution in [0.25, 0.3) is 100 Å². The molecule has 4 aromatic heterocycles. The van der Waals surface area contributed by atoms with Gasteiger partial charge in [-0.15, -0.1) is 0 Å². The highest BCUT2D eigenvalue weighted by molar-refractivity contribution is 6.07. The quantitative estimate of drug-likeness (QED) is 0.188. The zero-order valence-electron chi connectivity index (χ0n) is 28.4. The highest BCUT2D eigenvalue weighted by Gasteiger charge is 2.23. The van der Waals surface area contributed by atoms with Crippen molar-refractivity contribution < 1.29 is 8.83 Å². The molecule has 2 aliphatic carbocycles. The Morgan fingerprint density at radius 2 is 0.788 bits per heavy atom. The maximum absolute atomic E-state index is 6.23. The van der Waals surface area contributed by atoms with Gasteiger partial charge in [0, 0.05) is 54.1 Å². The third kappa shape index (κ3) is 3.81. The summed E-state index contributed by atoms with van der Waals surface area (Å²) >= 11 is 0. The molecular formula is C48H32N2O2. The fourth-order valence-corrected chi connectivity index (χ4v) is 9.36. The molecule has 0 radical (unpaired) electrons. The van der Waals surface area contributed by atoms with Crippen molar-refractivity contribution in [3.8, 4) is 11.4 Å². The van der Waals surface area contributed by atoms with Crippen molar-refractivity contribution in [2.24, 2.45) is 0 Å². The highest BCUT2D eigenvalue weighted by Crippen LogP contribution is 2.34. The number of fused-ring (bicyclic) bond motifs is 12. The zero-order chi connectivity index (χ0) is 33.9. The number of furan rings is 2. The molecule has 0 atom stereocenters.